The predicted octanol–water partition coefficient (Wildman–Crippen LogP) is 5.56. The summed E-state index contributed by atoms with van der Waals surface area (Å²) in [7, 11) is 0. The lowest BCUT2D eigenvalue weighted by Gasteiger charge is -2.09. The Balaban J connectivity index is 2.06. The van der Waals surface area contributed by atoms with Gasteiger partial charge in [0.1, 0.15) is 5.75 Å². The van der Waals surface area contributed by atoms with Gasteiger partial charge in [0, 0.05) is 6.54 Å². The number of unbranched alkanes of at least 4 members (excludes halogenated alkanes) is 5. The van der Waals surface area contributed by atoms with Crippen molar-refractivity contribution in [3.8, 4) is 5.75 Å². The van der Waals surface area contributed by atoms with Crippen molar-refractivity contribution in [3.63, 3.8) is 0 Å². The molecule has 0 atom stereocenters. The van der Waals surface area contributed by atoms with E-state index >= 15 is 0 Å². The Labute approximate surface area is 137 Å². The topological polar surface area (TPSA) is 21.3 Å². The first-order valence-electron chi connectivity index (χ1n) is 9.14. The molecular formula is C20H35NO. The number of ether oxygens (including phenoxy) is 1. The van der Waals surface area contributed by atoms with Crippen molar-refractivity contribution in [2.75, 3.05) is 13.2 Å². The lowest BCUT2D eigenvalue weighted by molar-refractivity contribution is 0.289. The average Bonchev–Trinajstić information content (AvgIpc) is 2.51. The molecule has 0 saturated heterocycles. The molecule has 0 aliphatic heterocycles. The molecule has 1 rings (SSSR count). The molecule has 0 aliphatic carbocycles. The van der Waals surface area contributed by atoms with E-state index in [1.54, 1.807) is 0 Å². The van der Waals surface area contributed by atoms with Gasteiger partial charge in [-0.25, -0.2) is 0 Å². The monoisotopic (exact) mass is 305 g/mol. The second-order valence-corrected chi connectivity index (χ2v) is 6.62. The van der Waals surface area contributed by atoms with Crippen LogP contribution in [-0.2, 0) is 6.54 Å². The largest absolute Gasteiger partial charge is 0.494 e. The summed E-state index contributed by atoms with van der Waals surface area (Å²) < 4.78 is 5.74. The molecule has 1 aromatic carbocycles. The minimum absolute atomic E-state index is 0.699. The van der Waals surface area contributed by atoms with Gasteiger partial charge in [-0.2, -0.15) is 0 Å². The lowest BCUT2D eigenvalue weighted by atomic mass is 10.1. The second kappa shape index (κ2) is 12.5. The molecule has 1 N–H and O–H groups in total. The maximum atomic E-state index is 5.74. The van der Waals surface area contributed by atoms with Crippen LogP contribution in [0.3, 0.4) is 0 Å². The maximum absolute atomic E-state index is 5.74. The Morgan fingerprint density at radius 3 is 2.32 bits per heavy atom. The highest BCUT2D eigenvalue weighted by Gasteiger charge is 1.98. The fourth-order valence-electron chi connectivity index (χ4n) is 2.38. The molecular weight excluding hydrogens is 270 g/mol. The van der Waals surface area contributed by atoms with E-state index in [0.29, 0.717) is 5.92 Å². The van der Waals surface area contributed by atoms with Crippen LogP contribution in [0.15, 0.2) is 24.3 Å². The zero-order valence-corrected chi connectivity index (χ0v) is 14.9. The summed E-state index contributed by atoms with van der Waals surface area (Å²) in [5.74, 6) is 1.69. The molecule has 0 spiro atoms. The van der Waals surface area contributed by atoms with Crippen LogP contribution in [0.2, 0.25) is 0 Å². The van der Waals surface area contributed by atoms with Crippen molar-refractivity contribution >= 4 is 0 Å². The van der Waals surface area contributed by atoms with Crippen LogP contribution in [0, 0.1) is 5.92 Å². The Kier molecular flexibility index (Phi) is 10.8. The fraction of sp³-hybridized carbons (Fsp3) is 0.700. The summed E-state index contributed by atoms with van der Waals surface area (Å²) >= 11 is 0. The minimum atomic E-state index is 0.699. The summed E-state index contributed by atoms with van der Waals surface area (Å²) in [5, 5.41) is 3.53. The first-order valence-corrected chi connectivity index (χ1v) is 9.14. The third-order valence-electron chi connectivity index (χ3n) is 3.92. The normalized spacial score (nSPS) is 11.1. The quantitative estimate of drug-likeness (QED) is 0.482. The minimum Gasteiger partial charge on any atom is -0.494 e. The Morgan fingerprint density at radius 1 is 0.955 bits per heavy atom. The molecule has 0 heterocycles. The van der Waals surface area contributed by atoms with Crippen LogP contribution in [0.4, 0.5) is 0 Å². The number of benzene rings is 1. The lowest BCUT2D eigenvalue weighted by Crippen LogP contribution is -2.14. The van der Waals surface area contributed by atoms with Crippen molar-refractivity contribution in [3.05, 3.63) is 29.8 Å². The molecule has 1 aromatic rings. The molecule has 0 fully saturated rings. The van der Waals surface area contributed by atoms with Crippen LogP contribution >= 0.6 is 0 Å². The molecule has 0 unspecified atom stereocenters. The third-order valence-corrected chi connectivity index (χ3v) is 3.92. The van der Waals surface area contributed by atoms with E-state index < -0.39 is 0 Å². The van der Waals surface area contributed by atoms with Gasteiger partial charge in [0.05, 0.1) is 6.61 Å². The second-order valence-electron chi connectivity index (χ2n) is 6.62. The molecule has 0 aromatic heterocycles. The van der Waals surface area contributed by atoms with Crippen LogP contribution < -0.4 is 10.1 Å². The van der Waals surface area contributed by atoms with E-state index in [-0.39, 0.29) is 0 Å². The molecule has 2 nitrogen and oxygen atoms in total. The van der Waals surface area contributed by atoms with Crippen LogP contribution in [0.5, 0.6) is 5.75 Å². The summed E-state index contributed by atoms with van der Waals surface area (Å²) in [5.41, 5.74) is 1.34. The maximum Gasteiger partial charge on any atom is 0.119 e. The third kappa shape index (κ3) is 9.83. The van der Waals surface area contributed by atoms with E-state index in [1.165, 1.54) is 44.1 Å². The number of rotatable bonds is 13. The van der Waals surface area contributed by atoms with Gasteiger partial charge in [-0.05, 0) is 43.0 Å². The standard InChI is InChI=1S/C20H35NO/c1-4-5-6-7-8-9-15-21-17-19-10-12-20(13-11-19)22-16-14-18(2)3/h10-13,18,21H,4-9,14-17H2,1-3H3. The molecule has 0 radical (unpaired) electrons. The number of hydrogen-bond acceptors (Lipinski definition) is 2. The van der Waals surface area contributed by atoms with E-state index in [1.807, 2.05) is 0 Å². The summed E-state index contributed by atoms with van der Waals surface area (Å²) in [6.45, 7) is 9.61. The van der Waals surface area contributed by atoms with Crippen LogP contribution in [0.25, 0.3) is 0 Å². The number of nitrogens with one attached hydrogen (secondary N) is 1. The van der Waals surface area contributed by atoms with Gasteiger partial charge >= 0.3 is 0 Å². The SMILES string of the molecule is CCCCCCCCNCc1ccc(OCCC(C)C)cc1. The van der Waals surface area contributed by atoms with Crippen molar-refractivity contribution in [1.29, 1.82) is 0 Å². The molecule has 22 heavy (non-hydrogen) atoms. The summed E-state index contributed by atoms with van der Waals surface area (Å²) in [4.78, 5) is 0. The average molecular weight is 306 g/mol. The highest BCUT2D eigenvalue weighted by molar-refractivity contribution is 5.27. The molecule has 0 aliphatic rings. The van der Waals surface area contributed by atoms with E-state index in [2.05, 4.69) is 50.4 Å². The van der Waals surface area contributed by atoms with E-state index in [9.17, 15) is 0 Å². The highest BCUT2D eigenvalue weighted by Crippen LogP contribution is 2.13. The van der Waals surface area contributed by atoms with Crippen LogP contribution in [0.1, 0.15) is 71.3 Å². The van der Waals surface area contributed by atoms with Gasteiger partial charge in [0.25, 0.3) is 0 Å². The summed E-state index contributed by atoms with van der Waals surface area (Å²) in [6.07, 6.45) is 9.26. The van der Waals surface area contributed by atoms with Crippen molar-refractivity contribution in [1.82, 2.24) is 5.32 Å². The van der Waals surface area contributed by atoms with Crippen LogP contribution in [-0.4, -0.2) is 13.2 Å². The highest BCUT2D eigenvalue weighted by atomic mass is 16.5. The van der Waals surface area contributed by atoms with Crippen molar-refractivity contribution in [2.45, 2.75) is 72.3 Å². The van der Waals surface area contributed by atoms with Gasteiger partial charge in [-0.3, -0.25) is 0 Å². The zero-order chi connectivity index (χ0) is 16.0. The van der Waals surface area contributed by atoms with Gasteiger partial charge in [0.15, 0.2) is 0 Å². The summed E-state index contributed by atoms with van der Waals surface area (Å²) in [6, 6.07) is 8.50. The Hall–Kier alpha value is -1.02. The van der Waals surface area contributed by atoms with E-state index in [0.717, 1.165) is 31.9 Å². The van der Waals surface area contributed by atoms with Crippen molar-refractivity contribution in [2.24, 2.45) is 5.92 Å². The molecule has 0 bridgehead atoms. The first-order chi connectivity index (χ1) is 10.7. The fourth-order valence-corrected chi connectivity index (χ4v) is 2.38. The Morgan fingerprint density at radius 2 is 1.64 bits per heavy atom. The Bertz CT molecular complexity index is 358. The van der Waals surface area contributed by atoms with Gasteiger partial charge < -0.3 is 10.1 Å². The molecule has 0 amide bonds. The van der Waals surface area contributed by atoms with Gasteiger partial charge in [-0.15, -0.1) is 0 Å². The molecule has 2 heteroatoms. The van der Waals surface area contributed by atoms with Crippen molar-refractivity contribution < 1.29 is 4.74 Å². The van der Waals surface area contributed by atoms with Gasteiger partial charge in [0.2, 0.25) is 0 Å². The van der Waals surface area contributed by atoms with E-state index in [4.69, 9.17) is 4.74 Å². The van der Waals surface area contributed by atoms with Gasteiger partial charge in [-0.1, -0.05) is 65.0 Å². The smallest absolute Gasteiger partial charge is 0.119 e. The number of hydrogen-bond donors (Lipinski definition) is 1. The molecule has 0 saturated carbocycles. The molecule has 126 valence electrons. The zero-order valence-electron chi connectivity index (χ0n) is 14.9. The predicted molar refractivity (Wildman–Crippen MR) is 96.5 cm³/mol. The first kappa shape index (κ1) is 19.0.